The lowest BCUT2D eigenvalue weighted by Gasteiger charge is -2.11. The molecule has 1 aliphatic rings. The zero-order valence-corrected chi connectivity index (χ0v) is 14.7. The van der Waals surface area contributed by atoms with Gasteiger partial charge in [-0.2, -0.15) is 0 Å². The van der Waals surface area contributed by atoms with E-state index in [2.05, 4.69) is 15.9 Å². The lowest BCUT2D eigenvalue weighted by Crippen LogP contribution is -2.20. The van der Waals surface area contributed by atoms with Gasteiger partial charge in [0.25, 0.3) is 0 Å². The molecule has 0 saturated heterocycles. The van der Waals surface area contributed by atoms with Gasteiger partial charge in [0.1, 0.15) is 11.0 Å². The van der Waals surface area contributed by atoms with Gasteiger partial charge in [-0.05, 0) is 35.9 Å². The average molecular weight is 392 g/mol. The second-order valence-electron chi connectivity index (χ2n) is 5.05. The van der Waals surface area contributed by atoms with Crippen molar-refractivity contribution in [1.82, 2.24) is 0 Å². The Morgan fingerprint density at radius 3 is 2.70 bits per heavy atom. The lowest BCUT2D eigenvalue weighted by atomic mass is 10.1. The minimum Gasteiger partial charge on any atom is -0.497 e. The number of carboxylic acid groups (broad SMARTS) is 1. The summed E-state index contributed by atoms with van der Waals surface area (Å²) in [7, 11) is 1.59. The van der Waals surface area contributed by atoms with Gasteiger partial charge in [-0.15, -0.1) is 11.8 Å². The van der Waals surface area contributed by atoms with Crippen LogP contribution >= 0.6 is 27.7 Å². The average Bonchev–Trinajstić information content (AvgIpc) is 2.74. The van der Waals surface area contributed by atoms with Crippen molar-refractivity contribution in [2.24, 2.45) is 4.99 Å². The molecular weight excluding hydrogens is 378 g/mol. The second kappa shape index (κ2) is 6.76. The molecule has 2 aromatic carbocycles. The summed E-state index contributed by atoms with van der Waals surface area (Å²) < 4.78 is 6.20. The molecule has 0 spiro atoms. The van der Waals surface area contributed by atoms with Gasteiger partial charge in [-0.25, -0.2) is 0 Å². The van der Waals surface area contributed by atoms with Crippen LogP contribution in [0.3, 0.4) is 0 Å². The van der Waals surface area contributed by atoms with Crippen LogP contribution in [0.2, 0.25) is 0 Å². The highest BCUT2D eigenvalue weighted by atomic mass is 79.9. The molecule has 0 saturated carbocycles. The summed E-state index contributed by atoms with van der Waals surface area (Å²) in [6.45, 7) is 0. The monoisotopic (exact) mass is 391 g/mol. The third-order valence-electron chi connectivity index (χ3n) is 3.52. The maximum absolute atomic E-state index is 11.6. The van der Waals surface area contributed by atoms with E-state index in [4.69, 9.17) is 9.73 Å². The summed E-state index contributed by atoms with van der Waals surface area (Å²) >= 11 is 4.72. The van der Waals surface area contributed by atoms with Crippen molar-refractivity contribution < 1.29 is 14.6 Å². The number of aliphatic carboxylic acids is 1. The molecule has 0 bridgehead atoms. The van der Waals surface area contributed by atoms with E-state index in [9.17, 15) is 9.90 Å². The molecule has 0 aliphatic carbocycles. The summed E-state index contributed by atoms with van der Waals surface area (Å²) in [4.78, 5) is 17.1. The number of hydrogen-bond donors (Lipinski definition) is 1. The first kappa shape index (κ1) is 16.1. The van der Waals surface area contributed by atoms with Gasteiger partial charge < -0.3 is 9.84 Å². The molecule has 0 unspecified atom stereocenters. The first-order valence-electron chi connectivity index (χ1n) is 6.98. The van der Waals surface area contributed by atoms with Crippen LogP contribution < -0.4 is 4.74 Å². The van der Waals surface area contributed by atoms with Crippen molar-refractivity contribution in [2.45, 2.75) is 16.6 Å². The molecule has 118 valence electrons. The van der Waals surface area contributed by atoms with E-state index < -0.39 is 11.2 Å². The fraction of sp³-hybridized carbons (Fsp3) is 0.176. The summed E-state index contributed by atoms with van der Waals surface area (Å²) in [6.07, 6.45) is 0.374. The van der Waals surface area contributed by atoms with Crippen molar-refractivity contribution in [3.63, 3.8) is 0 Å². The number of methoxy groups -OCH3 is 1. The van der Waals surface area contributed by atoms with Crippen molar-refractivity contribution in [2.75, 3.05) is 7.11 Å². The molecule has 6 heteroatoms. The number of fused-ring (bicyclic) bond motifs is 1. The van der Waals surface area contributed by atoms with Crippen LogP contribution in [0.1, 0.15) is 12.0 Å². The topological polar surface area (TPSA) is 58.9 Å². The first-order chi connectivity index (χ1) is 11.1. The molecule has 0 amide bonds. The first-order valence-corrected chi connectivity index (χ1v) is 8.65. The quantitative estimate of drug-likeness (QED) is 0.834. The Kier molecular flexibility index (Phi) is 4.73. The Bertz CT molecular complexity index is 774. The molecule has 1 N–H and O–H groups in total. The zero-order valence-electron chi connectivity index (χ0n) is 12.3. The summed E-state index contributed by atoms with van der Waals surface area (Å²) in [5.74, 6) is -0.141. The smallest absolute Gasteiger partial charge is 0.317 e. The molecular formula is C17H14BrNO3S. The highest BCUT2D eigenvalue weighted by Gasteiger charge is 2.26. The van der Waals surface area contributed by atoms with E-state index >= 15 is 0 Å². The number of halogens is 1. The number of carbonyl (C=O) groups is 1. The fourth-order valence-corrected chi connectivity index (χ4v) is 3.66. The Hall–Kier alpha value is -1.79. The molecule has 1 atom stereocenters. The molecule has 3 rings (SSSR count). The Labute approximate surface area is 146 Å². The van der Waals surface area contributed by atoms with E-state index in [1.165, 1.54) is 11.8 Å². The second-order valence-corrected chi connectivity index (χ2v) is 7.21. The van der Waals surface area contributed by atoms with Crippen LogP contribution in [0.5, 0.6) is 5.75 Å². The van der Waals surface area contributed by atoms with Crippen LogP contribution in [-0.2, 0) is 4.79 Å². The van der Waals surface area contributed by atoms with Gasteiger partial charge in [-0.3, -0.25) is 9.79 Å². The molecule has 0 aromatic heterocycles. The van der Waals surface area contributed by atoms with E-state index in [1.807, 2.05) is 42.5 Å². The Balaban J connectivity index is 2.08. The highest BCUT2D eigenvalue weighted by molar-refractivity contribution is 9.10. The van der Waals surface area contributed by atoms with Gasteiger partial charge in [0, 0.05) is 15.8 Å². The van der Waals surface area contributed by atoms with Crippen molar-refractivity contribution in [3.8, 4) is 5.75 Å². The van der Waals surface area contributed by atoms with Crippen molar-refractivity contribution >= 4 is 45.1 Å². The standard InChI is InChI=1S/C17H14BrNO3S/c1-22-12-6-7-13-15(8-12)23-16(17(20)21)9-14(19-13)10-2-4-11(18)5-3-10/h2-8,16H,9H2,1H3,(H,20,21)/t16-/m0/s1. The summed E-state index contributed by atoms with van der Waals surface area (Å²) in [6, 6.07) is 13.3. The van der Waals surface area contributed by atoms with Crippen LogP contribution in [-0.4, -0.2) is 29.1 Å². The van der Waals surface area contributed by atoms with Gasteiger partial charge >= 0.3 is 5.97 Å². The third kappa shape index (κ3) is 3.59. The predicted octanol–water partition coefficient (Wildman–Crippen LogP) is 4.53. The fourth-order valence-electron chi connectivity index (χ4n) is 2.33. The number of benzene rings is 2. The lowest BCUT2D eigenvalue weighted by molar-refractivity contribution is -0.136. The SMILES string of the molecule is COc1ccc2c(c1)S[C@H](C(=O)O)CC(c1ccc(Br)cc1)=N2. The third-order valence-corrected chi connectivity index (χ3v) is 5.29. The van der Waals surface area contributed by atoms with E-state index in [1.54, 1.807) is 7.11 Å². The number of ether oxygens (including phenoxy) is 1. The predicted molar refractivity (Wildman–Crippen MR) is 95.2 cm³/mol. The largest absolute Gasteiger partial charge is 0.497 e. The van der Waals surface area contributed by atoms with Crippen LogP contribution in [0, 0.1) is 0 Å². The highest BCUT2D eigenvalue weighted by Crippen LogP contribution is 2.40. The Morgan fingerprint density at radius 2 is 2.04 bits per heavy atom. The van der Waals surface area contributed by atoms with Crippen LogP contribution in [0.4, 0.5) is 5.69 Å². The number of aliphatic imine (C=N–C) groups is 1. The molecule has 23 heavy (non-hydrogen) atoms. The van der Waals surface area contributed by atoms with Crippen molar-refractivity contribution in [3.05, 3.63) is 52.5 Å². The zero-order chi connectivity index (χ0) is 16.4. The van der Waals surface area contributed by atoms with Crippen LogP contribution in [0.25, 0.3) is 0 Å². The maximum atomic E-state index is 11.6. The normalized spacial score (nSPS) is 17.0. The van der Waals surface area contributed by atoms with Gasteiger partial charge in [0.2, 0.25) is 0 Å². The van der Waals surface area contributed by atoms with E-state index in [0.29, 0.717) is 12.2 Å². The number of hydrogen-bond acceptors (Lipinski definition) is 4. The van der Waals surface area contributed by atoms with Crippen LogP contribution in [0.15, 0.2) is 56.8 Å². The van der Waals surface area contributed by atoms with Crippen molar-refractivity contribution in [1.29, 1.82) is 0 Å². The van der Waals surface area contributed by atoms with Gasteiger partial charge in [0.05, 0.1) is 18.5 Å². The van der Waals surface area contributed by atoms with Gasteiger partial charge in [-0.1, -0.05) is 28.1 Å². The maximum Gasteiger partial charge on any atom is 0.317 e. The summed E-state index contributed by atoms with van der Waals surface area (Å²) in [5.41, 5.74) is 2.49. The van der Waals surface area contributed by atoms with Gasteiger partial charge in [0.15, 0.2) is 0 Å². The molecule has 2 aromatic rings. The minimum atomic E-state index is -0.838. The molecule has 0 radical (unpaired) electrons. The minimum absolute atomic E-state index is 0.374. The van der Waals surface area contributed by atoms with E-state index in [0.717, 1.165) is 26.3 Å². The molecule has 4 nitrogen and oxygen atoms in total. The van der Waals surface area contributed by atoms with E-state index in [-0.39, 0.29) is 0 Å². The number of nitrogens with zero attached hydrogens (tertiary/aromatic N) is 1. The molecule has 0 fully saturated rings. The molecule has 1 aliphatic heterocycles. The molecule has 1 heterocycles. The number of thioether (sulfide) groups is 1. The summed E-state index contributed by atoms with van der Waals surface area (Å²) in [5, 5.41) is 8.93. The number of rotatable bonds is 3. The number of carboxylic acids is 1. The Morgan fingerprint density at radius 1 is 1.30 bits per heavy atom.